The fourth-order valence-electron chi connectivity index (χ4n) is 1.75. The summed E-state index contributed by atoms with van der Waals surface area (Å²) in [5.74, 6) is 0.599. The summed E-state index contributed by atoms with van der Waals surface area (Å²) in [6.07, 6.45) is 0. The minimum absolute atomic E-state index is 0.301. The van der Waals surface area contributed by atoms with Gasteiger partial charge in [-0.25, -0.2) is 4.79 Å². The number of halogens is 1. The maximum atomic E-state index is 11.8. The molecule has 20 heavy (non-hydrogen) atoms. The van der Waals surface area contributed by atoms with Crippen LogP contribution in [-0.4, -0.2) is 13.1 Å². The molecule has 2 aromatic rings. The van der Waals surface area contributed by atoms with Crippen molar-refractivity contribution in [3.8, 4) is 11.5 Å². The van der Waals surface area contributed by atoms with E-state index in [0.717, 1.165) is 10.0 Å². The lowest BCUT2D eigenvalue weighted by Crippen LogP contribution is -2.05. The number of nitrogens with two attached hydrogens (primary N) is 1. The third kappa shape index (κ3) is 3.11. The monoisotopic (exact) mass is 335 g/mol. The van der Waals surface area contributed by atoms with Crippen molar-refractivity contribution in [2.24, 2.45) is 0 Å². The fourth-order valence-corrected chi connectivity index (χ4v) is 2.23. The van der Waals surface area contributed by atoms with E-state index in [9.17, 15) is 4.79 Å². The first-order valence-corrected chi connectivity index (χ1v) is 6.72. The van der Waals surface area contributed by atoms with Crippen molar-refractivity contribution in [3.05, 3.63) is 52.0 Å². The van der Waals surface area contributed by atoms with Crippen LogP contribution in [0.3, 0.4) is 0 Å². The molecule has 0 radical (unpaired) electrons. The van der Waals surface area contributed by atoms with Crippen LogP contribution in [0, 0.1) is 6.92 Å². The van der Waals surface area contributed by atoms with Crippen molar-refractivity contribution >= 4 is 27.6 Å². The molecule has 0 aliphatic carbocycles. The molecular formula is C15H14BrNO3. The maximum Gasteiger partial charge on any atom is 0.341 e. The summed E-state index contributed by atoms with van der Waals surface area (Å²) in [5, 5.41) is 0. The minimum atomic E-state index is -0.484. The van der Waals surface area contributed by atoms with Crippen molar-refractivity contribution in [2.75, 3.05) is 12.8 Å². The van der Waals surface area contributed by atoms with Crippen LogP contribution in [0.1, 0.15) is 15.9 Å². The number of benzene rings is 2. The molecule has 2 rings (SSSR count). The molecule has 0 aliphatic rings. The highest BCUT2D eigenvalue weighted by atomic mass is 79.9. The topological polar surface area (TPSA) is 61.5 Å². The Morgan fingerprint density at radius 1 is 1.15 bits per heavy atom. The Kier molecular flexibility index (Phi) is 4.29. The van der Waals surface area contributed by atoms with Gasteiger partial charge in [0.25, 0.3) is 0 Å². The summed E-state index contributed by atoms with van der Waals surface area (Å²) in [6, 6.07) is 10.5. The number of hydrogen-bond donors (Lipinski definition) is 1. The van der Waals surface area contributed by atoms with Crippen molar-refractivity contribution in [1.82, 2.24) is 0 Å². The molecule has 0 heterocycles. The predicted octanol–water partition coefficient (Wildman–Crippen LogP) is 3.92. The van der Waals surface area contributed by atoms with Gasteiger partial charge in [-0.2, -0.15) is 0 Å². The zero-order valence-corrected chi connectivity index (χ0v) is 12.7. The van der Waals surface area contributed by atoms with E-state index in [1.807, 2.05) is 25.1 Å². The number of hydrogen-bond acceptors (Lipinski definition) is 4. The SMILES string of the molecule is COC(=O)c1cc(N)ccc1Oc1ccc(Br)cc1C. The Bertz CT molecular complexity index is 656. The average molecular weight is 336 g/mol. The van der Waals surface area contributed by atoms with E-state index in [2.05, 4.69) is 15.9 Å². The Hall–Kier alpha value is -2.01. The van der Waals surface area contributed by atoms with Crippen LogP contribution in [0.25, 0.3) is 0 Å². The van der Waals surface area contributed by atoms with Crippen LogP contribution in [0.5, 0.6) is 11.5 Å². The summed E-state index contributed by atoms with van der Waals surface area (Å²) in [6.45, 7) is 1.93. The van der Waals surface area contributed by atoms with E-state index in [1.54, 1.807) is 12.1 Å². The zero-order chi connectivity index (χ0) is 14.7. The molecule has 0 saturated heterocycles. The van der Waals surface area contributed by atoms with Gasteiger partial charge in [0.1, 0.15) is 17.1 Å². The molecule has 0 atom stereocenters. The van der Waals surface area contributed by atoms with Crippen molar-refractivity contribution in [3.63, 3.8) is 0 Å². The summed E-state index contributed by atoms with van der Waals surface area (Å²) in [7, 11) is 1.32. The van der Waals surface area contributed by atoms with E-state index in [0.29, 0.717) is 22.7 Å². The summed E-state index contributed by atoms with van der Waals surface area (Å²) < 4.78 is 11.5. The molecule has 0 spiro atoms. The molecule has 5 heteroatoms. The highest BCUT2D eigenvalue weighted by molar-refractivity contribution is 9.10. The minimum Gasteiger partial charge on any atom is -0.465 e. The van der Waals surface area contributed by atoms with Crippen LogP contribution in [0.4, 0.5) is 5.69 Å². The number of aryl methyl sites for hydroxylation is 1. The molecule has 4 nitrogen and oxygen atoms in total. The smallest absolute Gasteiger partial charge is 0.341 e. The number of rotatable bonds is 3. The first-order chi connectivity index (χ1) is 9.51. The van der Waals surface area contributed by atoms with Gasteiger partial charge in [0.05, 0.1) is 7.11 Å². The Balaban J connectivity index is 2.40. The normalized spacial score (nSPS) is 10.2. The molecule has 2 N–H and O–H groups in total. The van der Waals surface area contributed by atoms with E-state index >= 15 is 0 Å². The van der Waals surface area contributed by atoms with E-state index < -0.39 is 5.97 Å². The third-order valence-corrected chi connectivity index (χ3v) is 3.26. The summed E-state index contributed by atoms with van der Waals surface area (Å²) >= 11 is 3.39. The molecule has 2 aromatic carbocycles. The van der Waals surface area contributed by atoms with Gasteiger partial charge in [0.15, 0.2) is 0 Å². The second-order valence-corrected chi connectivity index (χ2v) is 5.17. The third-order valence-electron chi connectivity index (χ3n) is 2.77. The molecule has 104 valence electrons. The number of anilines is 1. The highest BCUT2D eigenvalue weighted by Crippen LogP contribution is 2.31. The van der Waals surface area contributed by atoms with Crippen LogP contribution in [0.2, 0.25) is 0 Å². The maximum absolute atomic E-state index is 11.8. The quantitative estimate of drug-likeness (QED) is 0.682. The van der Waals surface area contributed by atoms with Crippen LogP contribution in [0.15, 0.2) is 40.9 Å². The predicted molar refractivity (Wildman–Crippen MR) is 81.1 cm³/mol. The lowest BCUT2D eigenvalue weighted by Gasteiger charge is -2.12. The molecule has 0 saturated carbocycles. The van der Waals surface area contributed by atoms with Crippen LogP contribution >= 0.6 is 15.9 Å². The molecule has 0 aromatic heterocycles. The largest absolute Gasteiger partial charge is 0.465 e. The van der Waals surface area contributed by atoms with E-state index in [-0.39, 0.29) is 0 Å². The highest BCUT2D eigenvalue weighted by Gasteiger charge is 2.15. The summed E-state index contributed by atoms with van der Waals surface area (Å²) in [4.78, 5) is 11.8. The zero-order valence-electron chi connectivity index (χ0n) is 11.1. The van der Waals surface area contributed by atoms with Gasteiger partial charge < -0.3 is 15.2 Å². The standard InChI is InChI=1S/C15H14BrNO3/c1-9-7-10(16)3-5-13(9)20-14-6-4-11(17)8-12(14)15(18)19-2/h3-8H,17H2,1-2H3. The molecule has 0 amide bonds. The van der Waals surface area contributed by atoms with Gasteiger partial charge in [0.2, 0.25) is 0 Å². The van der Waals surface area contributed by atoms with E-state index in [1.165, 1.54) is 13.2 Å². The van der Waals surface area contributed by atoms with Gasteiger partial charge in [-0.05, 0) is 48.9 Å². The van der Waals surface area contributed by atoms with Crippen LogP contribution < -0.4 is 10.5 Å². The first-order valence-electron chi connectivity index (χ1n) is 5.93. The molecule has 0 unspecified atom stereocenters. The van der Waals surface area contributed by atoms with Crippen molar-refractivity contribution in [1.29, 1.82) is 0 Å². The molecule has 0 aliphatic heterocycles. The van der Waals surface area contributed by atoms with Crippen molar-refractivity contribution < 1.29 is 14.3 Å². The first kappa shape index (κ1) is 14.4. The lowest BCUT2D eigenvalue weighted by atomic mass is 10.1. The number of carbonyl (C=O) groups excluding carboxylic acids is 1. The number of carbonyl (C=O) groups is 1. The van der Waals surface area contributed by atoms with Gasteiger partial charge >= 0.3 is 5.97 Å². The van der Waals surface area contributed by atoms with Gasteiger partial charge in [0, 0.05) is 10.2 Å². The molecular weight excluding hydrogens is 322 g/mol. The van der Waals surface area contributed by atoms with E-state index in [4.69, 9.17) is 15.2 Å². The second-order valence-electron chi connectivity index (χ2n) is 4.26. The second kappa shape index (κ2) is 5.96. The molecule has 0 bridgehead atoms. The Morgan fingerprint density at radius 3 is 2.50 bits per heavy atom. The van der Waals surface area contributed by atoms with Gasteiger partial charge in [-0.15, -0.1) is 0 Å². The Morgan fingerprint density at radius 2 is 1.85 bits per heavy atom. The van der Waals surface area contributed by atoms with Gasteiger partial charge in [-0.3, -0.25) is 0 Å². The van der Waals surface area contributed by atoms with Crippen molar-refractivity contribution in [2.45, 2.75) is 6.92 Å². The van der Waals surface area contributed by atoms with Crippen LogP contribution in [-0.2, 0) is 4.74 Å². The fraction of sp³-hybridized carbons (Fsp3) is 0.133. The van der Waals surface area contributed by atoms with Gasteiger partial charge in [-0.1, -0.05) is 15.9 Å². The average Bonchev–Trinajstić information content (AvgIpc) is 2.42. The number of nitrogen functional groups attached to an aromatic ring is 1. The number of ether oxygens (including phenoxy) is 2. The number of esters is 1. The number of methoxy groups -OCH3 is 1. The molecule has 0 fully saturated rings. The lowest BCUT2D eigenvalue weighted by molar-refractivity contribution is 0.0598. The summed E-state index contributed by atoms with van der Waals surface area (Å²) in [5.41, 5.74) is 7.42. The Labute approximate surface area is 125 Å².